The van der Waals surface area contributed by atoms with Crippen LogP contribution in [0.15, 0.2) is 144 Å². The van der Waals surface area contributed by atoms with Crippen molar-refractivity contribution < 1.29 is 21.2 Å². The molecule has 4 aromatic carbocycles. The van der Waals surface area contributed by atoms with Crippen molar-refractivity contribution >= 4 is 75.4 Å². The Morgan fingerprint density at radius 3 is 1.60 bits per heavy atom. The second-order valence-corrected chi connectivity index (χ2v) is 18.1. The zero-order valence-electron chi connectivity index (χ0n) is 32.7. The van der Waals surface area contributed by atoms with Gasteiger partial charge in [0.1, 0.15) is 5.82 Å². The fourth-order valence-corrected chi connectivity index (χ4v) is 8.61. The summed E-state index contributed by atoms with van der Waals surface area (Å²) in [5, 5.41) is 7.54. The number of sulfone groups is 2. The van der Waals surface area contributed by atoms with E-state index in [1.807, 2.05) is 31.4 Å². The summed E-state index contributed by atoms with van der Waals surface area (Å²) in [6, 6.07) is 22.8. The Balaban J connectivity index is 0.000000168. The number of nitrogens with zero attached hydrogens (tertiary/aromatic N) is 7. The van der Waals surface area contributed by atoms with Gasteiger partial charge in [-0.1, -0.05) is 18.2 Å². The number of rotatable bonds is 8. The van der Waals surface area contributed by atoms with Crippen LogP contribution in [0.3, 0.4) is 0 Å². The number of benzene rings is 4. The fourth-order valence-electron chi connectivity index (χ4n) is 6.98. The van der Waals surface area contributed by atoms with Gasteiger partial charge in [0, 0.05) is 96.3 Å². The third-order valence-corrected chi connectivity index (χ3v) is 12.1. The summed E-state index contributed by atoms with van der Waals surface area (Å²) in [7, 11) is -4.83. The lowest BCUT2D eigenvalue weighted by molar-refractivity contribution is 0.600. The average molecular weight is 838 g/mol. The molecule has 16 heteroatoms. The van der Waals surface area contributed by atoms with E-state index in [0.717, 1.165) is 39.5 Å². The highest BCUT2D eigenvalue weighted by Gasteiger charge is 2.18. The largest absolute Gasteiger partial charge is 0.353 e. The van der Waals surface area contributed by atoms with E-state index in [4.69, 9.17) is 0 Å². The molecule has 0 amide bonds. The second-order valence-electron chi connectivity index (χ2n) is 14.1. The molecule has 5 heterocycles. The first-order valence-electron chi connectivity index (χ1n) is 18.4. The standard InChI is InChI=1S/C24H21N5O2S.C20H15FN4O2S/c1-15-10-16(11-22-18(15)5-9-29(22)2)19-12-17(13-20-24(19)27-8-7-26-20)28-21-14-25-6-4-23(21)32(3,30)31;1-28(26,27)19-6-7-22-12-18(19)25-15-10-16(13-2-4-14(21)5-3-13)20-17(11-15)23-8-9-24-20/h4-14,28H,1-3H3;2-12,25H,1H3. The van der Waals surface area contributed by atoms with Gasteiger partial charge >= 0.3 is 0 Å². The Kier molecular flexibility index (Phi) is 10.5. The predicted molar refractivity (Wildman–Crippen MR) is 232 cm³/mol. The van der Waals surface area contributed by atoms with E-state index in [2.05, 4.69) is 70.2 Å². The number of fused-ring (bicyclic) bond motifs is 3. The van der Waals surface area contributed by atoms with Crippen LogP contribution in [0.1, 0.15) is 5.56 Å². The molecule has 60 heavy (non-hydrogen) atoms. The molecule has 0 atom stereocenters. The molecule has 0 saturated heterocycles. The van der Waals surface area contributed by atoms with Crippen LogP contribution in [-0.2, 0) is 26.7 Å². The number of hydrogen-bond donors (Lipinski definition) is 2. The first-order valence-corrected chi connectivity index (χ1v) is 22.1. The van der Waals surface area contributed by atoms with Crippen molar-refractivity contribution in [2.45, 2.75) is 16.7 Å². The van der Waals surface area contributed by atoms with Crippen LogP contribution in [0.2, 0.25) is 0 Å². The van der Waals surface area contributed by atoms with Gasteiger partial charge in [-0.05, 0) is 84.3 Å². The van der Waals surface area contributed by atoms with E-state index in [-0.39, 0.29) is 15.6 Å². The van der Waals surface area contributed by atoms with Gasteiger partial charge in [-0.15, -0.1) is 0 Å². The minimum absolute atomic E-state index is 0.144. The molecule has 0 aliphatic carbocycles. The van der Waals surface area contributed by atoms with Crippen molar-refractivity contribution in [2.75, 3.05) is 23.1 Å². The molecule has 9 rings (SSSR count). The van der Waals surface area contributed by atoms with Gasteiger partial charge in [0.05, 0.1) is 55.6 Å². The Bertz CT molecular complexity index is 3320. The lowest BCUT2D eigenvalue weighted by Crippen LogP contribution is -2.03. The summed E-state index contributed by atoms with van der Waals surface area (Å²) in [5.41, 5.74) is 10.6. The molecule has 0 fully saturated rings. The van der Waals surface area contributed by atoms with Crippen LogP contribution in [0.25, 0.3) is 55.2 Å². The van der Waals surface area contributed by atoms with E-state index >= 15 is 0 Å². The molecule has 9 aromatic rings. The monoisotopic (exact) mass is 837 g/mol. The van der Waals surface area contributed by atoms with Crippen molar-refractivity contribution in [3.8, 4) is 22.3 Å². The number of anilines is 4. The molecule has 0 aliphatic rings. The fraction of sp³-hybridized carbons (Fsp3) is 0.0909. The molecular weight excluding hydrogens is 802 g/mol. The van der Waals surface area contributed by atoms with E-state index in [1.54, 1.807) is 43.0 Å². The molecule has 13 nitrogen and oxygen atoms in total. The van der Waals surface area contributed by atoms with E-state index in [0.29, 0.717) is 39.3 Å². The third-order valence-electron chi connectivity index (χ3n) is 9.74. The lowest BCUT2D eigenvalue weighted by Gasteiger charge is -2.14. The number of aryl methyl sites for hydroxylation is 2. The topological polar surface area (TPSA) is 175 Å². The summed E-state index contributed by atoms with van der Waals surface area (Å²) < 4.78 is 64.0. The van der Waals surface area contributed by atoms with Crippen LogP contribution in [0.4, 0.5) is 27.1 Å². The molecule has 0 bridgehead atoms. The zero-order chi connectivity index (χ0) is 42.2. The number of aromatic nitrogens is 7. The van der Waals surface area contributed by atoms with Crippen LogP contribution >= 0.6 is 0 Å². The molecule has 300 valence electrons. The second kappa shape index (κ2) is 15.9. The summed E-state index contributed by atoms with van der Waals surface area (Å²) >= 11 is 0. The highest BCUT2D eigenvalue weighted by molar-refractivity contribution is 7.91. The van der Waals surface area contributed by atoms with Gasteiger partial charge in [-0.2, -0.15) is 0 Å². The quantitative estimate of drug-likeness (QED) is 0.149. The molecule has 0 unspecified atom stereocenters. The number of halogens is 1. The molecule has 0 spiro atoms. The van der Waals surface area contributed by atoms with Gasteiger partial charge in [0.2, 0.25) is 0 Å². The SMILES string of the molecule is CS(=O)(=O)c1ccncc1Nc1cc(-c2ccc(F)cc2)c2nccnc2c1.Cc1cc(-c2cc(Nc3cnccc3S(C)(=O)=O)cc3nccnc23)cc2c1ccn2C. The maximum absolute atomic E-state index is 13.3. The Morgan fingerprint density at radius 2 is 1.08 bits per heavy atom. The molecular formula is C44H36FN9O4S2. The summed E-state index contributed by atoms with van der Waals surface area (Å²) in [4.78, 5) is 26.2. The smallest absolute Gasteiger partial charge is 0.177 e. The van der Waals surface area contributed by atoms with Crippen LogP contribution in [0.5, 0.6) is 0 Å². The van der Waals surface area contributed by atoms with Crippen molar-refractivity contribution in [2.24, 2.45) is 7.05 Å². The first-order chi connectivity index (χ1) is 28.7. The molecule has 0 radical (unpaired) electrons. The molecule has 2 N–H and O–H groups in total. The number of nitrogens with one attached hydrogen (secondary N) is 2. The van der Waals surface area contributed by atoms with Gasteiger partial charge in [-0.25, -0.2) is 21.2 Å². The predicted octanol–water partition coefficient (Wildman–Crippen LogP) is 8.62. The molecule has 0 saturated carbocycles. The lowest BCUT2D eigenvalue weighted by atomic mass is 9.98. The number of pyridine rings is 2. The van der Waals surface area contributed by atoms with Gasteiger partial charge in [-0.3, -0.25) is 29.9 Å². The third kappa shape index (κ3) is 8.23. The highest BCUT2D eigenvalue weighted by atomic mass is 32.2. The van der Waals surface area contributed by atoms with Crippen molar-refractivity contribution in [3.63, 3.8) is 0 Å². The average Bonchev–Trinajstić information content (AvgIpc) is 3.61. The van der Waals surface area contributed by atoms with Crippen molar-refractivity contribution in [1.82, 2.24) is 34.5 Å². The molecule has 0 aliphatic heterocycles. The van der Waals surface area contributed by atoms with E-state index < -0.39 is 19.7 Å². The Labute approximate surface area is 344 Å². The minimum atomic E-state index is -3.44. The summed E-state index contributed by atoms with van der Waals surface area (Å²) in [6.45, 7) is 2.09. The zero-order valence-corrected chi connectivity index (χ0v) is 34.3. The van der Waals surface area contributed by atoms with E-state index in [1.165, 1.54) is 66.3 Å². The van der Waals surface area contributed by atoms with Crippen molar-refractivity contribution in [1.29, 1.82) is 0 Å². The Hall–Kier alpha value is -7.17. The van der Waals surface area contributed by atoms with Gasteiger partial charge in [0.15, 0.2) is 19.7 Å². The van der Waals surface area contributed by atoms with E-state index in [9.17, 15) is 21.2 Å². The van der Waals surface area contributed by atoms with Gasteiger partial charge in [0.25, 0.3) is 0 Å². The normalized spacial score (nSPS) is 11.7. The highest BCUT2D eigenvalue weighted by Crippen LogP contribution is 2.36. The molecule has 5 aromatic heterocycles. The van der Waals surface area contributed by atoms with Crippen LogP contribution in [0, 0.1) is 12.7 Å². The number of hydrogen-bond acceptors (Lipinski definition) is 12. The Morgan fingerprint density at radius 1 is 0.583 bits per heavy atom. The van der Waals surface area contributed by atoms with Gasteiger partial charge < -0.3 is 15.2 Å². The van der Waals surface area contributed by atoms with Crippen LogP contribution < -0.4 is 10.6 Å². The minimum Gasteiger partial charge on any atom is -0.353 e. The van der Waals surface area contributed by atoms with Crippen LogP contribution in [-0.4, -0.2) is 63.8 Å². The van der Waals surface area contributed by atoms with Crippen molar-refractivity contribution in [3.05, 3.63) is 146 Å². The first kappa shape index (κ1) is 39.6. The summed E-state index contributed by atoms with van der Waals surface area (Å²) in [5.74, 6) is -0.332. The summed E-state index contributed by atoms with van der Waals surface area (Å²) in [6.07, 6.45) is 16.7. The maximum atomic E-state index is 13.3. The maximum Gasteiger partial charge on any atom is 0.177 e.